The van der Waals surface area contributed by atoms with Crippen LogP contribution in [-0.2, 0) is 9.67 Å². The van der Waals surface area contributed by atoms with Gasteiger partial charge >= 0.3 is 0 Å². The average molecular weight is 380 g/mol. The van der Waals surface area contributed by atoms with E-state index in [1.54, 1.807) is 29.2 Å². The summed E-state index contributed by atoms with van der Waals surface area (Å²) in [6.07, 6.45) is 0. The Balaban J connectivity index is 1.82. The van der Waals surface area contributed by atoms with E-state index in [4.69, 9.17) is 11.6 Å². The van der Waals surface area contributed by atoms with E-state index in [9.17, 15) is 9.59 Å². The van der Waals surface area contributed by atoms with Gasteiger partial charge in [-0.15, -0.1) is 11.8 Å². The molecule has 1 aliphatic heterocycles. The third-order valence-electron chi connectivity index (χ3n) is 5.14. The Hall–Kier alpha value is -2.30. The van der Waals surface area contributed by atoms with E-state index in [1.807, 2.05) is 43.3 Å². The lowest BCUT2D eigenvalue weighted by molar-refractivity contribution is -0.117. The first-order chi connectivity index (χ1) is 12.5. The number of rotatable bonds is 1. The Kier molecular flexibility index (Phi) is 3.27. The molecule has 3 aromatic rings. The summed E-state index contributed by atoms with van der Waals surface area (Å²) in [6.45, 7) is 1.86. The summed E-state index contributed by atoms with van der Waals surface area (Å²) in [5.74, 6) is -0.0857. The molecule has 2 atom stereocenters. The van der Waals surface area contributed by atoms with Crippen LogP contribution in [0.2, 0.25) is 5.02 Å². The number of anilines is 1. The molecule has 0 saturated carbocycles. The zero-order chi connectivity index (χ0) is 18.1. The number of amides is 1. The highest BCUT2D eigenvalue weighted by atomic mass is 35.5. The van der Waals surface area contributed by atoms with Crippen LogP contribution in [0.15, 0.2) is 60.7 Å². The Labute approximate surface area is 159 Å². The quantitative estimate of drug-likeness (QED) is 0.596. The molecule has 0 radical (unpaired) electrons. The van der Waals surface area contributed by atoms with E-state index < -0.39 is 4.87 Å². The Morgan fingerprint density at radius 2 is 1.69 bits per heavy atom. The molecule has 1 aliphatic carbocycles. The van der Waals surface area contributed by atoms with E-state index >= 15 is 0 Å². The van der Waals surface area contributed by atoms with Crippen LogP contribution in [0.25, 0.3) is 10.8 Å². The van der Waals surface area contributed by atoms with Gasteiger partial charge in [-0.05, 0) is 42.0 Å². The van der Waals surface area contributed by atoms with Crippen molar-refractivity contribution in [2.75, 3.05) is 4.90 Å². The molecule has 2 aliphatic rings. The number of benzene rings is 3. The first kappa shape index (κ1) is 15.9. The minimum Gasteiger partial charge on any atom is -0.290 e. The summed E-state index contributed by atoms with van der Waals surface area (Å²) in [7, 11) is 0. The monoisotopic (exact) mass is 379 g/mol. The molecule has 1 saturated heterocycles. The molecule has 0 N–H and O–H groups in total. The lowest BCUT2D eigenvalue weighted by atomic mass is 10.0. The maximum atomic E-state index is 13.6. The van der Waals surface area contributed by atoms with Crippen LogP contribution >= 0.6 is 23.4 Å². The predicted octanol–water partition coefficient (Wildman–Crippen LogP) is 5.01. The van der Waals surface area contributed by atoms with Gasteiger partial charge in [-0.1, -0.05) is 48.0 Å². The van der Waals surface area contributed by atoms with Gasteiger partial charge in [0.2, 0.25) is 11.7 Å². The van der Waals surface area contributed by atoms with Crippen molar-refractivity contribution in [1.82, 2.24) is 0 Å². The zero-order valence-electron chi connectivity index (χ0n) is 13.9. The maximum Gasteiger partial charge on any atom is 0.241 e. The number of ketones is 1. The summed E-state index contributed by atoms with van der Waals surface area (Å²) >= 11 is 7.45. The topological polar surface area (TPSA) is 37.4 Å². The Morgan fingerprint density at radius 3 is 2.42 bits per heavy atom. The minimum absolute atomic E-state index is 0.0260. The fourth-order valence-electron chi connectivity index (χ4n) is 4.05. The zero-order valence-corrected chi connectivity index (χ0v) is 15.5. The van der Waals surface area contributed by atoms with Crippen molar-refractivity contribution in [2.45, 2.75) is 17.0 Å². The van der Waals surface area contributed by atoms with Crippen LogP contribution in [0.4, 0.5) is 5.69 Å². The van der Waals surface area contributed by atoms with E-state index in [2.05, 4.69) is 0 Å². The molecule has 128 valence electrons. The van der Waals surface area contributed by atoms with Gasteiger partial charge in [0.1, 0.15) is 0 Å². The smallest absolute Gasteiger partial charge is 0.241 e. The summed E-state index contributed by atoms with van der Waals surface area (Å²) in [6, 6.07) is 18.8. The van der Waals surface area contributed by atoms with Gasteiger partial charge in [-0.2, -0.15) is 0 Å². The van der Waals surface area contributed by atoms with Gasteiger partial charge in [-0.3, -0.25) is 14.5 Å². The second-order valence-corrected chi connectivity index (χ2v) is 8.56. The van der Waals surface area contributed by atoms with Gasteiger partial charge in [0.25, 0.3) is 0 Å². The van der Waals surface area contributed by atoms with Crippen molar-refractivity contribution in [2.24, 2.45) is 0 Å². The van der Waals surface area contributed by atoms with Crippen molar-refractivity contribution in [1.29, 1.82) is 0 Å². The van der Waals surface area contributed by atoms with Crippen molar-refractivity contribution >= 4 is 51.5 Å². The van der Waals surface area contributed by atoms with Crippen LogP contribution in [0.1, 0.15) is 22.8 Å². The van der Waals surface area contributed by atoms with Crippen LogP contribution in [0, 0.1) is 0 Å². The molecule has 1 heterocycles. The number of nitrogens with zero attached hydrogens (tertiary/aromatic N) is 1. The van der Waals surface area contributed by atoms with Crippen molar-refractivity contribution in [3.8, 4) is 0 Å². The molecule has 5 heteroatoms. The number of hydrogen-bond acceptors (Lipinski definition) is 3. The molecule has 2 unspecified atom stereocenters. The maximum absolute atomic E-state index is 13.6. The summed E-state index contributed by atoms with van der Waals surface area (Å²) in [5, 5.41) is 2.26. The van der Waals surface area contributed by atoms with Gasteiger partial charge in [0.15, 0.2) is 4.87 Å². The van der Waals surface area contributed by atoms with Crippen LogP contribution in [-0.4, -0.2) is 16.9 Å². The fraction of sp³-hybridized carbons (Fsp3) is 0.143. The summed E-state index contributed by atoms with van der Waals surface area (Å²) in [4.78, 5) is 27.3. The lowest BCUT2D eigenvalue weighted by Gasteiger charge is -2.33. The predicted molar refractivity (Wildman–Crippen MR) is 106 cm³/mol. The first-order valence-corrected chi connectivity index (χ1v) is 9.64. The molecule has 1 spiro atoms. The molecule has 26 heavy (non-hydrogen) atoms. The van der Waals surface area contributed by atoms with Gasteiger partial charge in [-0.25, -0.2) is 0 Å². The largest absolute Gasteiger partial charge is 0.290 e. The molecule has 5 rings (SSSR count). The number of fused-ring (bicyclic) bond motifs is 1. The Morgan fingerprint density at radius 1 is 1.00 bits per heavy atom. The number of thioether (sulfide) groups is 1. The number of halogens is 1. The van der Waals surface area contributed by atoms with E-state index in [0.717, 1.165) is 16.3 Å². The normalized spacial score (nSPS) is 24.2. The van der Waals surface area contributed by atoms with Crippen molar-refractivity contribution in [3.05, 3.63) is 76.8 Å². The summed E-state index contributed by atoms with van der Waals surface area (Å²) < 4.78 is 0. The van der Waals surface area contributed by atoms with Gasteiger partial charge in [0.05, 0.1) is 5.25 Å². The van der Waals surface area contributed by atoms with Crippen LogP contribution < -0.4 is 4.90 Å². The lowest BCUT2D eigenvalue weighted by Crippen LogP contribution is -2.46. The molecular weight excluding hydrogens is 366 g/mol. The molecule has 0 aromatic heterocycles. The Bertz CT molecular complexity index is 1090. The van der Waals surface area contributed by atoms with E-state index in [1.165, 1.54) is 11.8 Å². The standard InChI is InChI=1S/C21H14ClNO2S/c1-12-20(25)23(15-10-8-14(22)9-11-15)21(26-12)17-7-3-5-13-4-2-6-16(18(13)17)19(21)24/h2-12H,1H3. The average Bonchev–Trinajstić information content (AvgIpc) is 3.05. The fourth-order valence-corrected chi connectivity index (χ4v) is 5.71. The molecular formula is C21H14ClNO2S. The first-order valence-electron chi connectivity index (χ1n) is 8.38. The van der Waals surface area contributed by atoms with Gasteiger partial charge in [0, 0.05) is 21.8 Å². The van der Waals surface area contributed by atoms with E-state index in [-0.39, 0.29) is 16.9 Å². The molecule has 3 nitrogen and oxygen atoms in total. The van der Waals surface area contributed by atoms with Crippen molar-refractivity contribution in [3.63, 3.8) is 0 Å². The summed E-state index contributed by atoms with van der Waals surface area (Å²) in [5.41, 5.74) is 2.27. The molecule has 1 amide bonds. The molecule has 3 aromatic carbocycles. The van der Waals surface area contributed by atoms with Crippen LogP contribution in [0.5, 0.6) is 0 Å². The highest BCUT2D eigenvalue weighted by Crippen LogP contribution is 2.57. The number of carbonyl (C=O) groups is 2. The highest BCUT2D eigenvalue weighted by Gasteiger charge is 2.60. The number of Topliss-reactive ketones (excluding diaryl/α,β-unsaturated/α-hetero) is 1. The molecule has 0 bridgehead atoms. The minimum atomic E-state index is -1.05. The third-order valence-corrected chi connectivity index (χ3v) is 6.87. The van der Waals surface area contributed by atoms with Crippen LogP contribution in [0.3, 0.4) is 0 Å². The second kappa shape index (κ2) is 5.35. The van der Waals surface area contributed by atoms with E-state index in [0.29, 0.717) is 16.3 Å². The SMILES string of the molecule is CC1SC2(C(=O)c3cccc4cccc2c34)N(c2ccc(Cl)cc2)C1=O. The molecule has 1 fully saturated rings. The number of carbonyl (C=O) groups excluding carboxylic acids is 2. The van der Waals surface area contributed by atoms with Gasteiger partial charge < -0.3 is 0 Å². The third kappa shape index (κ3) is 1.86. The number of hydrogen-bond donors (Lipinski definition) is 0. The van der Waals surface area contributed by atoms with Crippen molar-refractivity contribution < 1.29 is 9.59 Å². The second-order valence-electron chi connectivity index (χ2n) is 6.59. The highest BCUT2D eigenvalue weighted by molar-refractivity contribution is 8.03.